The lowest BCUT2D eigenvalue weighted by atomic mass is 9.52. The van der Waals surface area contributed by atoms with Crippen LogP contribution in [0.2, 0.25) is 5.02 Å². The zero-order valence-corrected chi connectivity index (χ0v) is 25.5. The number of hydrogen-bond donors (Lipinski definition) is 0. The highest BCUT2D eigenvalue weighted by molar-refractivity contribution is 6.31. The summed E-state index contributed by atoms with van der Waals surface area (Å²) in [6, 6.07) is 55.9. The Bertz CT molecular complexity index is 2530. The second-order valence-electron chi connectivity index (χ2n) is 12.9. The molecule has 0 amide bonds. The number of hydrogen-bond acceptors (Lipinski definition) is 1. The van der Waals surface area contributed by atoms with Crippen molar-refractivity contribution in [2.24, 2.45) is 0 Å². The maximum atomic E-state index is 6.79. The van der Waals surface area contributed by atoms with E-state index in [-0.39, 0.29) is 0 Å². The number of fused-ring (bicyclic) bond motifs is 19. The summed E-state index contributed by atoms with van der Waals surface area (Å²) < 4.78 is 6.46. The lowest BCUT2D eigenvalue weighted by Crippen LogP contribution is -2.43. The van der Waals surface area contributed by atoms with Crippen molar-refractivity contribution in [2.75, 3.05) is 0 Å². The first-order chi connectivity index (χ1) is 22.7. The SMILES string of the molecule is Clc1ccc2c(c1)-c1cc3oc4ccccc4c3cc1C21c2ccccc2C2(c3ccccc3-c3ccccc32)c2ccccc21. The summed E-state index contributed by atoms with van der Waals surface area (Å²) in [6.07, 6.45) is 0. The first-order valence-electron chi connectivity index (χ1n) is 15.9. The average Bonchev–Trinajstić information content (AvgIpc) is 3.71. The van der Waals surface area contributed by atoms with Crippen LogP contribution in [-0.2, 0) is 10.8 Å². The monoisotopic (exact) mass is 604 g/mol. The van der Waals surface area contributed by atoms with E-state index in [2.05, 4.69) is 146 Å². The van der Waals surface area contributed by atoms with E-state index in [0.717, 1.165) is 32.5 Å². The molecule has 7 aromatic carbocycles. The van der Waals surface area contributed by atoms with Crippen molar-refractivity contribution >= 4 is 33.5 Å². The normalized spacial score (nSPS) is 15.4. The number of benzene rings is 7. The van der Waals surface area contributed by atoms with E-state index < -0.39 is 10.8 Å². The highest BCUT2D eigenvalue weighted by Gasteiger charge is 2.58. The van der Waals surface area contributed by atoms with Gasteiger partial charge in [-0.05, 0) is 97.1 Å². The Balaban J connectivity index is 1.36. The van der Waals surface area contributed by atoms with E-state index in [0.29, 0.717) is 0 Å². The van der Waals surface area contributed by atoms with Gasteiger partial charge in [-0.25, -0.2) is 0 Å². The Morgan fingerprint density at radius 2 is 0.826 bits per heavy atom. The van der Waals surface area contributed by atoms with Gasteiger partial charge < -0.3 is 4.42 Å². The molecule has 0 atom stereocenters. The van der Waals surface area contributed by atoms with E-state index in [1.165, 1.54) is 61.2 Å². The molecular weight excluding hydrogens is 580 g/mol. The predicted molar refractivity (Wildman–Crippen MR) is 187 cm³/mol. The number of rotatable bonds is 0. The predicted octanol–water partition coefficient (Wildman–Crippen LogP) is 11.3. The molecule has 0 bridgehead atoms. The molecule has 8 aromatic rings. The average molecular weight is 605 g/mol. The van der Waals surface area contributed by atoms with Crippen LogP contribution in [0.5, 0.6) is 0 Å². The van der Waals surface area contributed by atoms with Gasteiger partial charge in [-0.15, -0.1) is 0 Å². The minimum absolute atomic E-state index is 0.451. The van der Waals surface area contributed by atoms with E-state index in [1.807, 2.05) is 6.07 Å². The molecule has 0 saturated heterocycles. The molecule has 2 spiro atoms. The van der Waals surface area contributed by atoms with Gasteiger partial charge in [-0.1, -0.05) is 133 Å². The van der Waals surface area contributed by atoms with E-state index in [9.17, 15) is 0 Å². The minimum Gasteiger partial charge on any atom is -0.456 e. The molecule has 0 radical (unpaired) electrons. The molecule has 1 nitrogen and oxygen atoms in total. The summed E-state index contributed by atoms with van der Waals surface area (Å²) >= 11 is 6.79. The molecule has 1 aromatic heterocycles. The van der Waals surface area contributed by atoms with Crippen LogP contribution in [0.25, 0.3) is 44.2 Å². The molecular formula is C44H25ClO. The van der Waals surface area contributed by atoms with Crippen LogP contribution in [0.15, 0.2) is 156 Å². The second kappa shape index (κ2) is 8.46. The molecule has 0 saturated carbocycles. The summed E-state index contributed by atoms with van der Waals surface area (Å²) in [5, 5.41) is 3.01. The molecule has 0 fully saturated rings. The maximum Gasteiger partial charge on any atom is 0.136 e. The van der Waals surface area contributed by atoms with Gasteiger partial charge in [-0.2, -0.15) is 0 Å². The summed E-state index contributed by atoms with van der Waals surface area (Å²) in [5.74, 6) is 0. The molecule has 3 aliphatic rings. The first kappa shape index (κ1) is 24.9. The third-order valence-electron chi connectivity index (χ3n) is 11.0. The van der Waals surface area contributed by atoms with Crippen molar-refractivity contribution in [2.45, 2.75) is 10.8 Å². The Labute approximate surface area is 271 Å². The van der Waals surface area contributed by atoms with Crippen molar-refractivity contribution in [3.63, 3.8) is 0 Å². The van der Waals surface area contributed by atoms with Gasteiger partial charge in [0.25, 0.3) is 0 Å². The summed E-state index contributed by atoms with van der Waals surface area (Å²) in [7, 11) is 0. The van der Waals surface area contributed by atoms with Crippen molar-refractivity contribution in [3.8, 4) is 22.3 Å². The smallest absolute Gasteiger partial charge is 0.136 e. The summed E-state index contributed by atoms with van der Waals surface area (Å²) in [4.78, 5) is 0. The second-order valence-corrected chi connectivity index (χ2v) is 13.3. The zero-order chi connectivity index (χ0) is 30.2. The highest BCUT2D eigenvalue weighted by Crippen LogP contribution is 2.67. The quantitative estimate of drug-likeness (QED) is 0.168. The van der Waals surface area contributed by atoms with Crippen molar-refractivity contribution < 1.29 is 4.42 Å². The zero-order valence-electron chi connectivity index (χ0n) is 24.7. The van der Waals surface area contributed by atoms with Crippen LogP contribution in [0.1, 0.15) is 44.5 Å². The molecule has 0 aliphatic heterocycles. The molecule has 1 heterocycles. The van der Waals surface area contributed by atoms with Gasteiger partial charge in [0.15, 0.2) is 0 Å². The molecule has 46 heavy (non-hydrogen) atoms. The van der Waals surface area contributed by atoms with Crippen LogP contribution in [-0.4, -0.2) is 0 Å². The fourth-order valence-electron chi connectivity index (χ4n) is 9.48. The largest absolute Gasteiger partial charge is 0.456 e. The number of halogens is 1. The van der Waals surface area contributed by atoms with Gasteiger partial charge in [0.2, 0.25) is 0 Å². The third-order valence-corrected chi connectivity index (χ3v) is 11.3. The topological polar surface area (TPSA) is 13.1 Å². The Hall–Kier alpha value is -5.37. The fourth-order valence-corrected chi connectivity index (χ4v) is 9.65. The molecule has 0 N–H and O–H groups in total. The number of furan rings is 1. The van der Waals surface area contributed by atoms with Gasteiger partial charge in [-0.3, -0.25) is 0 Å². The van der Waals surface area contributed by atoms with Crippen LogP contribution < -0.4 is 0 Å². The van der Waals surface area contributed by atoms with E-state index >= 15 is 0 Å². The van der Waals surface area contributed by atoms with Crippen molar-refractivity contribution in [1.29, 1.82) is 0 Å². The van der Waals surface area contributed by atoms with Crippen molar-refractivity contribution in [1.82, 2.24) is 0 Å². The summed E-state index contributed by atoms with van der Waals surface area (Å²) in [6.45, 7) is 0. The Morgan fingerprint density at radius 1 is 0.348 bits per heavy atom. The van der Waals surface area contributed by atoms with Crippen LogP contribution in [0, 0.1) is 0 Å². The van der Waals surface area contributed by atoms with E-state index in [4.69, 9.17) is 16.0 Å². The third kappa shape index (κ3) is 2.69. The standard InChI is InChI=1S/C44H25ClO/c45-26-21-22-35-30(23-26)31-25-42-32(29-13-3-10-20-41(29)46-42)24-40(31)44(35)38-18-8-6-16-36(38)43(37-17-7-9-19-39(37)44)33-14-4-1-11-27(33)28-12-2-5-15-34(28)43/h1-25H. The van der Waals surface area contributed by atoms with Gasteiger partial charge >= 0.3 is 0 Å². The summed E-state index contributed by atoms with van der Waals surface area (Å²) in [5.41, 5.74) is 16.3. The Morgan fingerprint density at radius 3 is 1.46 bits per heavy atom. The fraction of sp³-hybridized carbons (Fsp3) is 0.0455. The molecule has 3 aliphatic carbocycles. The minimum atomic E-state index is -0.549. The highest BCUT2D eigenvalue weighted by atomic mass is 35.5. The lowest BCUT2D eigenvalue weighted by Gasteiger charge is -2.48. The van der Waals surface area contributed by atoms with Gasteiger partial charge in [0, 0.05) is 15.8 Å². The molecule has 2 heteroatoms. The lowest BCUT2D eigenvalue weighted by molar-refractivity contribution is 0.632. The van der Waals surface area contributed by atoms with Gasteiger partial charge in [0.1, 0.15) is 11.2 Å². The molecule has 11 rings (SSSR count). The van der Waals surface area contributed by atoms with Crippen LogP contribution in [0.3, 0.4) is 0 Å². The van der Waals surface area contributed by atoms with E-state index in [1.54, 1.807) is 0 Å². The molecule has 214 valence electrons. The van der Waals surface area contributed by atoms with Gasteiger partial charge in [0.05, 0.1) is 10.8 Å². The maximum absolute atomic E-state index is 6.79. The van der Waals surface area contributed by atoms with Crippen LogP contribution >= 0.6 is 11.6 Å². The molecule has 0 unspecified atom stereocenters. The van der Waals surface area contributed by atoms with Crippen LogP contribution in [0.4, 0.5) is 0 Å². The first-order valence-corrected chi connectivity index (χ1v) is 16.3. The van der Waals surface area contributed by atoms with Crippen molar-refractivity contribution in [3.05, 3.63) is 201 Å². The number of para-hydroxylation sites is 1. The Kier molecular flexibility index (Phi) is 4.58.